The summed E-state index contributed by atoms with van der Waals surface area (Å²) in [6.45, 7) is 2.63. The largest absolute Gasteiger partial charge is 0.446 e. The molecule has 3 amide bonds. The van der Waals surface area contributed by atoms with Gasteiger partial charge in [0, 0.05) is 37.9 Å². The Kier molecular flexibility index (Phi) is 7.14. The van der Waals surface area contributed by atoms with Crippen molar-refractivity contribution in [2.45, 2.75) is 50.7 Å². The number of carbonyl (C=O) groups excluding carboxylic acids is 3. The molecule has 1 aromatic carbocycles. The third-order valence-electron chi connectivity index (χ3n) is 6.98. The summed E-state index contributed by atoms with van der Waals surface area (Å²) in [5.41, 5.74) is 2.84. The number of rotatable bonds is 5. The van der Waals surface area contributed by atoms with Crippen LogP contribution in [0.1, 0.15) is 38.5 Å². The number of nitrogens with zero attached hydrogens (tertiary/aromatic N) is 2. The second-order valence-corrected chi connectivity index (χ2v) is 8.95. The molecular weight excluding hydrogens is 412 g/mol. The van der Waals surface area contributed by atoms with E-state index >= 15 is 0 Å². The number of amides is 3. The Labute approximate surface area is 188 Å². The SMILES string of the molecule is O=C(NC1CCC1)O[C@@H]1CC[C@H](C(=O)N2CCN(c3ccccc3)CC2)[C@@H](C(=O)NO)C1. The maximum absolute atomic E-state index is 13.3. The lowest BCUT2D eigenvalue weighted by Crippen LogP contribution is -2.53. The van der Waals surface area contributed by atoms with Crippen LogP contribution in [0.3, 0.4) is 0 Å². The van der Waals surface area contributed by atoms with Crippen molar-refractivity contribution in [2.75, 3.05) is 31.1 Å². The fourth-order valence-corrected chi connectivity index (χ4v) is 4.87. The van der Waals surface area contributed by atoms with Gasteiger partial charge in [-0.1, -0.05) is 18.2 Å². The molecule has 1 saturated heterocycles. The zero-order chi connectivity index (χ0) is 22.5. The van der Waals surface area contributed by atoms with E-state index in [-0.39, 0.29) is 18.4 Å². The third-order valence-corrected chi connectivity index (χ3v) is 6.98. The Balaban J connectivity index is 1.33. The molecule has 2 saturated carbocycles. The first kappa shape index (κ1) is 22.4. The van der Waals surface area contributed by atoms with Crippen molar-refractivity contribution < 1.29 is 24.3 Å². The van der Waals surface area contributed by atoms with Crippen molar-refractivity contribution in [3.63, 3.8) is 0 Å². The molecule has 3 N–H and O–H groups in total. The minimum Gasteiger partial charge on any atom is -0.446 e. The van der Waals surface area contributed by atoms with E-state index in [9.17, 15) is 19.6 Å². The van der Waals surface area contributed by atoms with Crippen LogP contribution in [0.15, 0.2) is 30.3 Å². The molecule has 1 heterocycles. The average Bonchev–Trinajstić information content (AvgIpc) is 2.81. The summed E-state index contributed by atoms with van der Waals surface area (Å²) in [6, 6.07) is 10.3. The van der Waals surface area contributed by atoms with Crippen LogP contribution in [0.25, 0.3) is 0 Å². The fraction of sp³-hybridized carbons (Fsp3) is 0.609. The minimum absolute atomic E-state index is 0.0660. The number of benzene rings is 1. The van der Waals surface area contributed by atoms with Gasteiger partial charge in [0.2, 0.25) is 11.8 Å². The second kappa shape index (κ2) is 10.2. The zero-order valence-corrected chi connectivity index (χ0v) is 18.2. The van der Waals surface area contributed by atoms with Gasteiger partial charge in [0.15, 0.2) is 0 Å². The summed E-state index contributed by atoms with van der Waals surface area (Å²) in [4.78, 5) is 41.8. The van der Waals surface area contributed by atoms with Crippen LogP contribution >= 0.6 is 0 Å². The number of hydrogen-bond donors (Lipinski definition) is 3. The van der Waals surface area contributed by atoms with E-state index < -0.39 is 29.9 Å². The van der Waals surface area contributed by atoms with Crippen LogP contribution in [-0.4, -0.2) is 66.3 Å². The molecular formula is C23H32N4O5. The molecule has 0 aromatic heterocycles. The molecule has 3 atom stereocenters. The summed E-state index contributed by atoms with van der Waals surface area (Å²) in [7, 11) is 0. The van der Waals surface area contributed by atoms with Crippen molar-refractivity contribution in [3.05, 3.63) is 30.3 Å². The molecule has 9 heteroatoms. The van der Waals surface area contributed by atoms with Gasteiger partial charge >= 0.3 is 6.09 Å². The average molecular weight is 445 g/mol. The maximum atomic E-state index is 13.3. The first-order valence-electron chi connectivity index (χ1n) is 11.5. The summed E-state index contributed by atoms with van der Waals surface area (Å²) in [5.74, 6) is -1.92. The number of carbonyl (C=O) groups is 3. The lowest BCUT2D eigenvalue weighted by Gasteiger charge is -2.40. The van der Waals surface area contributed by atoms with Crippen LogP contribution < -0.4 is 15.7 Å². The number of para-hydroxylation sites is 1. The Bertz CT molecular complexity index is 808. The molecule has 9 nitrogen and oxygen atoms in total. The summed E-state index contributed by atoms with van der Waals surface area (Å²) >= 11 is 0. The van der Waals surface area contributed by atoms with Crippen molar-refractivity contribution in [3.8, 4) is 0 Å². The number of hydroxylamine groups is 1. The highest BCUT2D eigenvalue weighted by atomic mass is 16.6. The van der Waals surface area contributed by atoms with Crippen molar-refractivity contribution >= 4 is 23.6 Å². The van der Waals surface area contributed by atoms with Crippen molar-refractivity contribution in [1.82, 2.24) is 15.7 Å². The Morgan fingerprint density at radius 2 is 1.66 bits per heavy atom. The fourth-order valence-electron chi connectivity index (χ4n) is 4.87. The van der Waals surface area contributed by atoms with Gasteiger partial charge in [0.1, 0.15) is 6.10 Å². The Morgan fingerprint density at radius 3 is 2.28 bits per heavy atom. The highest BCUT2D eigenvalue weighted by Gasteiger charge is 2.42. The number of piperazine rings is 1. The highest BCUT2D eigenvalue weighted by molar-refractivity contribution is 5.87. The van der Waals surface area contributed by atoms with Crippen molar-refractivity contribution in [2.24, 2.45) is 11.8 Å². The molecule has 32 heavy (non-hydrogen) atoms. The third kappa shape index (κ3) is 5.15. The molecule has 174 valence electrons. The molecule has 4 rings (SSSR count). The molecule has 1 aliphatic heterocycles. The first-order chi connectivity index (χ1) is 15.5. The van der Waals surface area contributed by atoms with Gasteiger partial charge in [0.05, 0.1) is 11.8 Å². The smallest absolute Gasteiger partial charge is 0.407 e. The lowest BCUT2D eigenvalue weighted by atomic mass is 9.76. The lowest BCUT2D eigenvalue weighted by molar-refractivity contribution is -0.149. The molecule has 0 bridgehead atoms. The molecule has 0 spiro atoms. The van der Waals surface area contributed by atoms with Crippen LogP contribution in [0.5, 0.6) is 0 Å². The summed E-state index contributed by atoms with van der Waals surface area (Å²) in [5, 5.41) is 12.1. The second-order valence-electron chi connectivity index (χ2n) is 8.95. The van der Waals surface area contributed by atoms with Crippen LogP contribution in [-0.2, 0) is 14.3 Å². The van der Waals surface area contributed by atoms with Gasteiger partial charge in [0.25, 0.3) is 0 Å². The predicted octanol–water partition coefficient (Wildman–Crippen LogP) is 1.90. The van der Waals surface area contributed by atoms with Gasteiger partial charge in [-0.2, -0.15) is 0 Å². The molecule has 0 radical (unpaired) electrons. The number of ether oxygens (including phenoxy) is 1. The number of alkyl carbamates (subject to hydrolysis) is 1. The Hall–Kier alpha value is -2.81. The van der Waals surface area contributed by atoms with Gasteiger partial charge in [-0.05, 0) is 50.7 Å². The topological polar surface area (TPSA) is 111 Å². The molecule has 3 fully saturated rings. The van der Waals surface area contributed by atoms with Crippen LogP contribution in [0, 0.1) is 11.8 Å². The monoisotopic (exact) mass is 444 g/mol. The minimum atomic E-state index is -0.727. The standard InChI is InChI=1S/C23H32N4O5/c28-21(25-31)20-15-18(32-23(30)24-16-5-4-6-16)9-10-19(20)22(29)27-13-11-26(12-14-27)17-7-2-1-3-8-17/h1-3,7-8,16,18-20,31H,4-6,9-15H2,(H,24,30)(H,25,28)/t18-,19+,20+/m1/s1. The quantitative estimate of drug-likeness (QED) is 0.473. The van der Waals surface area contributed by atoms with Crippen LogP contribution in [0.4, 0.5) is 10.5 Å². The van der Waals surface area contributed by atoms with E-state index in [4.69, 9.17) is 4.74 Å². The number of nitrogens with one attached hydrogen (secondary N) is 2. The van der Waals surface area contributed by atoms with E-state index in [2.05, 4.69) is 22.3 Å². The normalized spacial score (nSPS) is 26.1. The molecule has 2 aliphatic carbocycles. The van der Waals surface area contributed by atoms with Gasteiger partial charge < -0.3 is 19.9 Å². The number of anilines is 1. The highest BCUT2D eigenvalue weighted by Crippen LogP contribution is 2.34. The maximum Gasteiger partial charge on any atom is 0.407 e. The predicted molar refractivity (Wildman–Crippen MR) is 117 cm³/mol. The van der Waals surface area contributed by atoms with Crippen LogP contribution in [0.2, 0.25) is 0 Å². The van der Waals surface area contributed by atoms with E-state index in [1.165, 1.54) is 0 Å². The molecule has 0 unspecified atom stereocenters. The van der Waals surface area contributed by atoms with E-state index in [1.807, 2.05) is 23.1 Å². The zero-order valence-electron chi connectivity index (χ0n) is 18.2. The Morgan fingerprint density at radius 1 is 0.938 bits per heavy atom. The van der Waals surface area contributed by atoms with Gasteiger partial charge in [-0.25, -0.2) is 10.3 Å². The van der Waals surface area contributed by atoms with E-state index in [0.717, 1.165) is 38.0 Å². The molecule has 3 aliphatic rings. The summed E-state index contributed by atoms with van der Waals surface area (Å²) in [6.07, 6.45) is 3.31. The van der Waals surface area contributed by atoms with E-state index in [0.29, 0.717) is 25.9 Å². The first-order valence-corrected chi connectivity index (χ1v) is 11.5. The van der Waals surface area contributed by atoms with Gasteiger partial charge in [-0.3, -0.25) is 14.8 Å². The summed E-state index contributed by atoms with van der Waals surface area (Å²) < 4.78 is 5.52. The van der Waals surface area contributed by atoms with Gasteiger partial charge in [-0.15, -0.1) is 0 Å². The van der Waals surface area contributed by atoms with Crippen molar-refractivity contribution in [1.29, 1.82) is 0 Å². The van der Waals surface area contributed by atoms with E-state index in [1.54, 1.807) is 5.48 Å². The number of hydrogen-bond acceptors (Lipinski definition) is 6. The molecule has 1 aromatic rings.